The molecule has 0 aliphatic heterocycles. The molecule has 3 rings (SSSR count). The molecule has 2 heterocycles. The second kappa shape index (κ2) is 6.68. The summed E-state index contributed by atoms with van der Waals surface area (Å²) >= 11 is 5.97. The summed E-state index contributed by atoms with van der Waals surface area (Å²) in [5.41, 5.74) is 0.934. The largest absolute Gasteiger partial charge is 0.454 e. The van der Waals surface area contributed by atoms with E-state index in [1.54, 1.807) is 23.0 Å². The van der Waals surface area contributed by atoms with Crippen molar-refractivity contribution in [3.05, 3.63) is 58.9 Å². The van der Waals surface area contributed by atoms with Crippen molar-refractivity contribution in [2.45, 2.75) is 32.8 Å². The Balaban J connectivity index is 1.65. The minimum absolute atomic E-state index is 0.0181. The van der Waals surface area contributed by atoms with E-state index >= 15 is 0 Å². The first-order valence-corrected chi connectivity index (χ1v) is 8.10. The molecule has 0 fully saturated rings. The molecule has 0 amide bonds. The highest BCUT2D eigenvalue weighted by molar-refractivity contribution is 6.30. The molecule has 130 valence electrons. The van der Waals surface area contributed by atoms with Gasteiger partial charge in [-0.05, 0) is 18.2 Å². The summed E-state index contributed by atoms with van der Waals surface area (Å²) in [6.07, 6.45) is 3.04. The van der Waals surface area contributed by atoms with Gasteiger partial charge in [0.15, 0.2) is 18.3 Å². The fourth-order valence-corrected chi connectivity index (χ4v) is 2.29. The van der Waals surface area contributed by atoms with Crippen LogP contribution < -0.4 is 0 Å². The molecule has 2 aromatic heterocycles. The number of nitrogens with zero attached hydrogens (tertiary/aromatic N) is 4. The van der Waals surface area contributed by atoms with Crippen LogP contribution in [0.3, 0.4) is 0 Å². The van der Waals surface area contributed by atoms with Gasteiger partial charge in [0.25, 0.3) is 0 Å². The molecular weight excluding hydrogens is 342 g/mol. The number of carbonyl (C=O) groups is 1. The normalized spacial score (nSPS) is 11.5. The number of aromatic amines is 1. The second-order valence-corrected chi connectivity index (χ2v) is 7.02. The number of aromatic nitrogens is 5. The molecule has 0 saturated heterocycles. The van der Waals surface area contributed by atoms with Gasteiger partial charge in [0, 0.05) is 16.6 Å². The van der Waals surface area contributed by atoms with E-state index in [1.165, 1.54) is 6.20 Å². The third kappa shape index (κ3) is 4.06. The minimum Gasteiger partial charge on any atom is -0.454 e. The standard InChI is InChI=1S/C17H18ClN5O2/c1-17(2,3)16-20-14(21-22-16)10-25-15(24)11-8-19-23(9-11)13-6-4-5-12(18)7-13/h4-9H,10H2,1-3H3,(H,20,21,22). The Morgan fingerprint density at radius 2 is 2.16 bits per heavy atom. The zero-order chi connectivity index (χ0) is 18.0. The lowest BCUT2D eigenvalue weighted by Gasteiger charge is -2.11. The maximum absolute atomic E-state index is 12.2. The number of rotatable bonds is 4. The number of hydrogen-bond donors (Lipinski definition) is 1. The number of esters is 1. The van der Waals surface area contributed by atoms with Crippen LogP contribution in [0.2, 0.25) is 5.02 Å². The van der Waals surface area contributed by atoms with Crippen molar-refractivity contribution in [3.63, 3.8) is 0 Å². The summed E-state index contributed by atoms with van der Waals surface area (Å²) in [5.74, 6) is 0.690. The number of ether oxygens (including phenoxy) is 1. The molecule has 0 saturated carbocycles. The number of nitrogens with one attached hydrogen (secondary N) is 1. The lowest BCUT2D eigenvalue weighted by Crippen LogP contribution is -2.13. The predicted molar refractivity (Wildman–Crippen MR) is 92.8 cm³/mol. The van der Waals surface area contributed by atoms with Crippen LogP contribution in [0.25, 0.3) is 5.69 Å². The topological polar surface area (TPSA) is 85.7 Å². The van der Waals surface area contributed by atoms with Crippen molar-refractivity contribution < 1.29 is 9.53 Å². The highest BCUT2D eigenvalue weighted by Crippen LogP contribution is 2.18. The molecule has 0 atom stereocenters. The lowest BCUT2D eigenvalue weighted by atomic mass is 9.96. The van der Waals surface area contributed by atoms with E-state index in [9.17, 15) is 4.79 Å². The molecule has 1 aromatic carbocycles. The minimum atomic E-state index is -0.484. The molecular formula is C17H18ClN5O2. The van der Waals surface area contributed by atoms with Gasteiger partial charge < -0.3 is 4.74 Å². The van der Waals surface area contributed by atoms with Gasteiger partial charge in [-0.25, -0.2) is 14.5 Å². The predicted octanol–water partition coefficient (Wildman–Crippen LogP) is 3.30. The maximum atomic E-state index is 12.2. The molecule has 0 aliphatic carbocycles. The number of hydrogen-bond acceptors (Lipinski definition) is 5. The molecule has 0 spiro atoms. The van der Waals surface area contributed by atoms with Crippen LogP contribution in [0, 0.1) is 0 Å². The number of benzene rings is 1. The van der Waals surface area contributed by atoms with Crippen LogP contribution in [0.5, 0.6) is 0 Å². The second-order valence-electron chi connectivity index (χ2n) is 6.59. The highest BCUT2D eigenvalue weighted by Gasteiger charge is 2.20. The van der Waals surface area contributed by atoms with Gasteiger partial charge in [0.2, 0.25) is 0 Å². The van der Waals surface area contributed by atoms with Crippen molar-refractivity contribution in [2.75, 3.05) is 0 Å². The van der Waals surface area contributed by atoms with Crippen LogP contribution in [-0.2, 0) is 16.8 Å². The summed E-state index contributed by atoms with van der Waals surface area (Å²) in [6, 6.07) is 7.18. The van der Waals surface area contributed by atoms with Crippen LogP contribution in [-0.4, -0.2) is 30.9 Å². The Hall–Kier alpha value is -2.67. The third-order valence-electron chi connectivity index (χ3n) is 3.43. The van der Waals surface area contributed by atoms with Gasteiger partial charge in [0.05, 0.1) is 17.4 Å². The first kappa shape index (κ1) is 17.2. The summed E-state index contributed by atoms with van der Waals surface area (Å²) in [7, 11) is 0. The molecule has 0 bridgehead atoms. The van der Waals surface area contributed by atoms with Gasteiger partial charge >= 0.3 is 5.97 Å². The molecule has 8 heteroatoms. The van der Waals surface area contributed by atoms with Gasteiger partial charge in [-0.2, -0.15) is 10.2 Å². The summed E-state index contributed by atoms with van der Waals surface area (Å²) in [5, 5.41) is 11.7. The van der Waals surface area contributed by atoms with E-state index in [-0.39, 0.29) is 12.0 Å². The van der Waals surface area contributed by atoms with Gasteiger partial charge in [0.1, 0.15) is 0 Å². The Kier molecular flexibility index (Phi) is 4.59. The lowest BCUT2D eigenvalue weighted by molar-refractivity contribution is 0.0462. The zero-order valence-electron chi connectivity index (χ0n) is 14.2. The molecule has 25 heavy (non-hydrogen) atoms. The van der Waals surface area contributed by atoms with E-state index in [2.05, 4.69) is 20.3 Å². The van der Waals surface area contributed by atoms with Gasteiger partial charge in [-0.15, -0.1) is 0 Å². The molecule has 0 radical (unpaired) electrons. The Bertz CT molecular complexity index is 894. The van der Waals surface area contributed by atoms with E-state index in [4.69, 9.17) is 16.3 Å². The van der Waals surface area contributed by atoms with E-state index in [0.717, 1.165) is 5.69 Å². The summed E-state index contributed by atoms with van der Waals surface area (Å²) in [4.78, 5) is 16.5. The van der Waals surface area contributed by atoms with Gasteiger partial charge in [-0.1, -0.05) is 38.4 Å². The fourth-order valence-electron chi connectivity index (χ4n) is 2.10. The number of halogens is 1. The van der Waals surface area contributed by atoms with E-state index in [1.807, 2.05) is 32.9 Å². The summed E-state index contributed by atoms with van der Waals surface area (Å²) < 4.78 is 6.83. The molecule has 1 N–H and O–H groups in total. The molecule has 7 nitrogen and oxygen atoms in total. The van der Waals surface area contributed by atoms with Crippen molar-refractivity contribution in [2.24, 2.45) is 0 Å². The monoisotopic (exact) mass is 359 g/mol. The highest BCUT2D eigenvalue weighted by atomic mass is 35.5. The first-order valence-electron chi connectivity index (χ1n) is 7.72. The van der Waals surface area contributed by atoms with Crippen LogP contribution in [0.1, 0.15) is 42.8 Å². The summed E-state index contributed by atoms with van der Waals surface area (Å²) in [6.45, 7) is 6.05. The SMILES string of the molecule is CC(C)(C)c1n[nH]c(COC(=O)c2cnn(-c3cccc(Cl)c3)c2)n1. The number of H-pyrrole nitrogens is 1. The molecule has 0 unspecified atom stereocenters. The van der Waals surface area contributed by atoms with E-state index < -0.39 is 5.97 Å². The van der Waals surface area contributed by atoms with Crippen molar-refractivity contribution in [1.29, 1.82) is 0 Å². The quantitative estimate of drug-likeness (QED) is 0.722. The van der Waals surface area contributed by atoms with Crippen molar-refractivity contribution in [3.8, 4) is 5.69 Å². The smallest absolute Gasteiger partial charge is 0.341 e. The average Bonchev–Trinajstić information content (AvgIpc) is 3.21. The number of carbonyl (C=O) groups excluding carboxylic acids is 1. The van der Waals surface area contributed by atoms with Crippen molar-refractivity contribution >= 4 is 17.6 Å². The van der Waals surface area contributed by atoms with Crippen LogP contribution in [0.15, 0.2) is 36.7 Å². The Labute approximate surface area is 150 Å². The average molecular weight is 360 g/mol. The molecule has 0 aliphatic rings. The van der Waals surface area contributed by atoms with E-state index in [0.29, 0.717) is 22.2 Å². The van der Waals surface area contributed by atoms with Crippen LogP contribution >= 0.6 is 11.6 Å². The zero-order valence-corrected chi connectivity index (χ0v) is 14.9. The Morgan fingerprint density at radius 1 is 1.36 bits per heavy atom. The Morgan fingerprint density at radius 3 is 2.84 bits per heavy atom. The maximum Gasteiger partial charge on any atom is 0.341 e. The molecule has 3 aromatic rings. The van der Waals surface area contributed by atoms with Crippen molar-refractivity contribution in [1.82, 2.24) is 25.0 Å². The first-order chi connectivity index (χ1) is 11.8. The van der Waals surface area contributed by atoms with Gasteiger partial charge in [-0.3, -0.25) is 5.10 Å². The third-order valence-corrected chi connectivity index (χ3v) is 3.67. The fraction of sp³-hybridized carbons (Fsp3) is 0.294. The van der Waals surface area contributed by atoms with Crippen LogP contribution in [0.4, 0.5) is 0 Å².